The maximum atomic E-state index is 12.9. The predicted octanol–water partition coefficient (Wildman–Crippen LogP) is 1.49. The van der Waals surface area contributed by atoms with E-state index in [-0.39, 0.29) is 18.2 Å². The summed E-state index contributed by atoms with van der Waals surface area (Å²) in [5.74, 6) is 2.58. The number of likely N-dealkylation sites (tertiary alicyclic amines) is 1. The van der Waals surface area contributed by atoms with Crippen LogP contribution >= 0.6 is 0 Å². The van der Waals surface area contributed by atoms with Crippen molar-refractivity contribution in [3.8, 4) is 11.5 Å². The van der Waals surface area contributed by atoms with Crippen molar-refractivity contribution < 1.29 is 14.3 Å². The van der Waals surface area contributed by atoms with Gasteiger partial charge in [-0.15, -0.1) is 0 Å². The van der Waals surface area contributed by atoms with E-state index in [1.54, 1.807) is 6.07 Å². The summed E-state index contributed by atoms with van der Waals surface area (Å²) >= 11 is 0. The SMILES string of the molecule is CC1(C)C2CNCC2CN1C(=O)c1ccc2c(c1)OCO2. The summed E-state index contributed by atoms with van der Waals surface area (Å²) in [6, 6.07) is 5.45. The number of nitrogens with zero attached hydrogens (tertiary/aromatic N) is 1. The Morgan fingerprint density at radius 1 is 1.29 bits per heavy atom. The first-order chi connectivity index (χ1) is 10.1. The molecule has 0 bridgehead atoms. The lowest BCUT2D eigenvalue weighted by Crippen LogP contribution is -2.47. The van der Waals surface area contributed by atoms with E-state index in [9.17, 15) is 4.79 Å². The number of hydrogen-bond acceptors (Lipinski definition) is 4. The van der Waals surface area contributed by atoms with Gasteiger partial charge in [0.15, 0.2) is 11.5 Å². The fraction of sp³-hybridized carbons (Fsp3) is 0.562. The molecule has 0 aromatic heterocycles. The average molecular weight is 288 g/mol. The maximum absolute atomic E-state index is 12.9. The van der Waals surface area contributed by atoms with E-state index in [1.165, 1.54) is 0 Å². The molecule has 2 atom stereocenters. The first-order valence-electron chi connectivity index (χ1n) is 7.50. The molecule has 0 spiro atoms. The molecule has 1 amide bonds. The number of hydrogen-bond donors (Lipinski definition) is 1. The molecule has 2 saturated heterocycles. The molecule has 3 aliphatic rings. The van der Waals surface area contributed by atoms with Crippen LogP contribution in [0.3, 0.4) is 0 Å². The lowest BCUT2D eigenvalue weighted by molar-refractivity contribution is 0.0603. The van der Waals surface area contributed by atoms with Crippen molar-refractivity contribution in [3.05, 3.63) is 23.8 Å². The summed E-state index contributed by atoms with van der Waals surface area (Å²) < 4.78 is 10.7. The topological polar surface area (TPSA) is 50.8 Å². The fourth-order valence-electron chi connectivity index (χ4n) is 3.95. The molecule has 5 nitrogen and oxygen atoms in total. The number of rotatable bonds is 1. The highest BCUT2D eigenvalue weighted by Gasteiger charge is 2.51. The van der Waals surface area contributed by atoms with Gasteiger partial charge in [0, 0.05) is 30.7 Å². The van der Waals surface area contributed by atoms with Crippen LogP contribution < -0.4 is 14.8 Å². The third kappa shape index (κ3) is 1.83. The van der Waals surface area contributed by atoms with Crippen molar-refractivity contribution in [2.45, 2.75) is 19.4 Å². The second-order valence-electron chi connectivity index (χ2n) is 6.66. The highest BCUT2D eigenvalue weighted by atomic mass is 16.7. The summed E-state index contributed by atoms with van der Waals surface area (Å²) in [5.41, 5.74) is 0.571. The van der Waals surface area contributed by atoms with E-state index in [2.05, 4.69) is 19.2 Å². The van der Waals surface area contributed by atoms with Gasteiger partial charge in [0.05, 0.1) is 0 Å². The van der Waals surface area contributed by atoms with E-state index < -0.39 is 0 Å². The number of amides is 1. The Kier molecular flexibility index (Phi) is 2.70. The number of carbonyl (C=O) groups is 1. The molecule has 1 aromatic rings. The Bertz CT molecular complexity index is 599. The molecule has 2 unspecified atom stereocenters. The largest absolute Gasteiger partial charge is 0.454 e. The van der Waals surface area contributed by atoms with Crippen molar-refractivity contribution >= 4 is 5.91 Å². The average Bonchev–Trinajstić information content (AvgIpc) is 3.15. The van der Waals surface area contributed by atoms with E-state index in [0.717, 1.165) is 19.6 Å². The minimum absolute atomic E-state index is 0.0905. The zero-order chi connectivity index (χ0) is 14.6. The highest BCUT2D eigenvalue weighted by Crippen LogP contribution is 2.42. The summed E-state index contributed by atoms with van der Waals surface area (Å²) in [7, 11) is 0. The van der Waals surface area contributed by atoms with E-state index >= 15 is 0 Å². The van der Waals surface area contributed by atoms with Gasteiger partial charge in [-0.3, -0.25) is 4.79 Å². The third-order valence-electron chi connectivity index (χ3n) is 5.22. The Morgan fingerprint density at radius 2 is 2.10 bits per heavy atom. The molecule has 112 valence electrons. The number of fused-ring (bicyclic) bond motifs is 2. The molecule has 1 N–H and O–H groups in total. The van der Waals surface area contributed by atoms with Gasteiger partial charge in [0.25, 0.3) is 5.91 Å². The Labute approximate surface area is 124 Å². The van der Waals surface area contributed by atoms with Crippen LogP contribution in [0.4, 0.5) is 0 Å². The molecule has 2 fully saturated rings. The molecule has 21 heavy (non-hydrogen) atoms. The first kappa shape index (κ1) is 13.0. The van der Waals surface area contributed by atoms with Crippen LogP contribution in [0.1, 0.15) is 24.2 Å². The lowest BCUT2D eigenvalue weighted by Gasteiger charge is -2.35. The minimum atomic E-state index is -0.110. The molecule has 3 heterocycles. The van der Waals surface area contributed by atoms with Crippen LogP contribution in [0.15, 0.2) is 18.2 Å². The molecule has 4 rings (SSSR count). The first-order valence-corrected chi connectivity index (χ1v) is 7.50. The molecule has 3 aliphatic heterocycles. The Balaban J connectivity index is 1.63. The normalized spacial score (nSPS) is 28.8. The Hall–Kier alpha value is -1.75. The van der Waals surface area contributed by atoms with Crippen molar-refractivity contribution in [1.82, 2.24) is 10.2 Å². The van der Waals surface area contributed by atoms with Crippen LogP contribution in [0, 0.1) is 11.8 Å². The fourth-order valence-corrected chi connectivity index (χ4v) is 3.95. The summed E-state index contributed by atoms with van der Waals surface area (Å²) in [4.78, 5) is 14.9. The highest BCUT2D eigenvalue weighted by molar-refractivity contribution is 5.95. The van der Waals surface area contributed by atoms with E-state index in [1.807, 2.05) is 17.0 Å². The van der Waals surface area contributed by atoms with E-state index in [4.69, 9.17) is 9.47 Å². The molecule has 0 aliphatic carbocycles. The van der Waals surface area contributed by atoms with Crippen LogP contribution in [-0.4, -0.2) is 42.8 Å². The zero-order valence-electron chi connectivity index (χ0n) is 12.4. The minimum Gasteiger partial charge on any atom is -0.454 e. The van der Waals surface area contributed by atoms with Crippen molar-refractivity contribution in [1.29, 1.82) is 0 Å². The maximum Gasteiger partial charge on any atom is 0.254 e. The van der Waals surface area contributed by atoms with Gasteiger partial charge in [-0.05, 0) is 43.9 Å². The van der Waals surface area contributed by atoms with Crippen molar-refractivity contribution in [2.24, 2.45) is 11.8 Å². The molecular formula is C16H20N2O3. The quantitative estimate of drug-likeness (QED) is 0.850. The monoisotopic (exact) mass is 288 g/mol. The summed E-state index contributed by atoms with van der Waals surface area (Å²) in [6.45, 7) is 7.43. The molecule has 1 aromatic carbocycles. The number of nitrogens with one attached hydrogen (secondary N) is 1. The van der Waals surface area contributed by atoms with Crippen LogP contribution in [0.2, 0.25) is 0 Å². The summed E-state index contributed by atoms with van der Waals surface area (Å²) in [6.07, 6.45) is 0. The van der Waals surface area contributed by atoms with Gasteiger partial charge in [0.2, 0.25) is 6.79 Å². The van der Waals surface area contributed by atoms with E-state index in [0.29, 0.717) is 28.9 Å². The predicted molar refractivity (Wildman–Crippen MR) is 77.5 cm³/mol. The molecule has 0 saturated carbocycles. The van der Waals surface area contributed by atoms with Crippen LogP contribution in [0.5, 0.6) is 11.5 Å². The molecular weight excluding hydrogens is 268 g/mol. The standard InChI is InChI=1S/C16H20N2O3/c1-16(2)12-7-17-6-11(12)8-18(16)15(19)10-3-4-13-14(5-10)21-9-20-13/h3-5,11-12,17H,6-9H2,1-2H3. The van der Waals surface area contributed by atoms with Gasteiger partial charge in [-0.2, -0.15) is 0 Å². The third-order valence-corrected chi connectivity index (χ3v) is 5.22. The van der Waals surface area contributed by atoms with Gasteiger partial charge in [0.1, 0.15) is 0 Å². The smallest absolute Gasteiger partial charge is 0.254 e. The summed E-state index contributed by atoms with van der Waals surface area (Å²) in [5, 5.41) is 3.44. The van der Waals surface area contributed by atoms with Crippen LogP contribution in [-0.2, 0) is 0 Å². The number of ether oxygens (including phenoxy) is 2. The molecule has 0 radical (unpaired) electrons. The number of carbonyl (C=O) groups excluding carboxylic acids is 1. The second-order valence-corrected chi connectivity index (χ2v) is 6.66. The second kappa shape index (κ2) is 4.37. The van der Waals surface area contributed by atoms with Crippen LogP contribution in [0.25, 0.3) is 0 Å². The molecule has 5 heteroatoms. The van der Waals surface area contributed by atoms with Gasteiger partial charge in [-0.25, -0.2) is 0 Å². The zero-order valence-corrected chi connectivity index (χ0v) is 12.4. The van der Waals surface area contributed by atoms with Crippen molar-refractivity contribution in [2.75, 3.05) is 26.4 Å². The lowest BCUT2D eigenvalue weighted by atomic mass is 9.84. The van der Waals surface area contributed by atoms with Crippen molar-refractivity contribution in [3.63, 3.8) is 0 Å². The van der Waals surface area contributed by atoms with Gasteiger partial charge < -0.3 is 19.7 Å². The Morgan fingerprint density at radius 3 is 2.90 bits per heavy atom. The number of benzene rings is 1. The van der Waals surface area contributed by atoms with Gasteiger partial charge in [-0.1, -0.05) is 0 Å². The van der Waals surface area contributed by atoms with Gasteiger partial charge >= 0.3 is 0 Å².